The second-order valence-electron chi connectivity index (χ2n) is 3.26. The minimum absolute atomic E-state index is 0.245. The molecule has 0 saturated heterocycles. The van der Waals surface area contributed by atoms with Gasteiger partial charge in [-0.05, 0) is 31.0 Å². The van der Waals surface area contributed by atoms with Crippen LogP contribution in [0.3, 0.4) is 0 Å². The zero-order chi connectivity index (χ0) is 10.9. The molecular formula is C10H12F3N. The Labute approximate surface area is 80.7 Å². The fourth-order valence-electron chi connectivity index (χ4n) is 1.47. The van der Waals surface area contributed by atoms with Crippen LogP contribution in [0.2, 0.25) is 0 Å². The Bertz CT molecular complexity index is 334. The summed E-state index contributed by atoms with van der Waals surface area (Å²) in [5.74, 6) is -0.873. The lowest BCUT2D eigenvalue weighted by atomic mass is 9.98. The van der Waals surface area contributed by atoms with Crippen molar-refractivity contribution >= 4 is 0 Å². The van der Waals surface area contributed by atoms with Gasteiger partial charge in [-0.1, -0.05) is 6.07 Å². The zero-order valence-corrected chi connectivity index (χ0v) is 8.02. The number of alkyl halides is 2. The maximum absolute atomic E-state index is 13.0. The molecule has 2 N–H and O–H groups in total. The van der Waals surface area contributed by atoms with Crippen LogP contribution in [0.25, 0.3) is 0 Å². The number of hydrogen-bond acceptors (Lipinski definition) is 1. The molecule has 0 bridgehead atoms. The van der Waals surface area contributed by atoms with Gasteiger partial charge in [0.25, 0.3) is 6.43 Å². The lowest BCUT2D eigenvalue weighted by Crippen LogP contribution is -2.09. The average Bonchev–Trinajstić information content (AvgIpc) is 2.02. The van der Waals surface area contributed by atoms with E-state index < -0.39 is 17.8 Å². The molecule has 1 aromatic rings. The van der Waals surface area contributed by atoms with Crippen molar-refractivity contribution in [2.45, 2.75) is 26.3 Å². The topological polar surface area (TPSA) is 26.0 Å². The Balaban J connectivity index is 3.34. The molecule has 0 aliphatic carbocycles. The van der Waals surface area contributed by atoms with Gasteiger partial charge in [-0.2, -0.15) is 0 Å². The number of rotatable bonds is 2. The third-order valence-electron chi connectivity index (χ3n) is 2.21. The van der Waals surface area contributed by atoms with Crippen molar-refractivity contribution in [3.8, 4) is 0 Å². The van der Waals surface area contributed by atoms with Gasteiger partial charge in [-0.25, -0.2) is 13.2 Å². The van der Waals surface area contributed by atoms with Crippen LogP contribution in [-0.2, 0) is 0 Å². The van der Waals surface area contributed by atoms with Gasteiger partial charge in [0.15, 0.2) is 0 Å². The van der Waals surface area contributed by atoms with Crippen LogP contribution in [0.4, 0.5) is 13.2 Å². The van der Waals surface area contributed by atoms with Crippen molar-refractivity contribution in [1.82, 2.24) is 0 Å². The molecule has 0 unspecified atom stereocenters. The summed E-state index contributed by atoms with van der Waals surface area (Å²) in [5, 5.41) is 0. The molecule has 0 amide bonds. The molecule has 1 nitrogen and oxygen atoms in total. The molecule has 0 fully saturated rings. The van der Waals surface area contributed by atoms with Crippen LogP contribution in [0.5, 0.6) is 0 Å². The van der Waals surface area contributed by atoms with E-state index in [4.69, 9.17) is 5.73 Å². The summed E-state index contributed by atoms with van der Waals surface area (Å²) < 4.78 is 37.9. The molecule has 4 heteroatoms. The van der Waals surface area contributed by atoms with Crippen molar-refractivity contribution in [3.63, 3.8) is 0 Å². The van der Waals surface area contributed by atoms with Gasteiger partial charge in [0.2, 0.25) is 0 Å². The fourth-order valence-corrected chi connectivity index (χ4v) is 1.47. The molecule has 1 aromatic carbocycles. The third kappa shape index (κ3) is 1.90. The van der Waals surface area contributed by atoms with Crippen LogP contribution in [0, 0.1) is 12.7 Å². The first-order valence-electron chi connectivity index (χ1n) is 4.27. The molecule has 14 heavy (non-hydrogen) atoms. The lowest BCUT2D eigenvalue weighted by Gasteiger charge is -2.14. The van der Waals surface area contributed by atoms with Gasteiger partial charge < -0.3 is 5.73 Å². The Morgan fingerprint density at radius 1 is 1.29 bits per heavy atom. The molecule has 0 heterocycles. The molecular weight excluding hydrogens is 191 g/mol. The van der Waals surface area contributed by atoms with Crippen LogP contribution in [0.1, 0.15) is 36.1 Å². The number of halogens is 3. The highest BCUT2D eigenvalue weighted by molar-refractivity contribution is 5.37. The quantitative estimate of drug-likeness (QED) is 0.785. The molecule has 0 radical (unpaired) electrons. The standard InChI is InChI=1S/C10H12F3N/c1-5-7(6(2)14)3-4-8(11)9(5)10(12)13/h3-4,6,10H,14H2,1-2H3/t6-/m1/s1. The van der Waals surface area contributed by atoms with Crippen molar-refractivity contribution in [3.05, 3.63) is 34.6 Å². The summed E-state index contributed by atoms with van der Waals surface area (Å²) in [6, 6.07) is 2.11. The molecule has 0 aliphatic heterocycles. The Kier molecular flexibility index (Phi) is 3.16. The van der Waals surface area contributed by atoms with Gasteiger partial charge in [-0.15, -0.1) is 0 Å². The normalized spacial score (nSPS) is 13.4. The van der Waals surface area contributed by atoms with Crippen LogP contribution in [-0.4, -0.2) is 0 Å². The highest BCUT2D eigenvalue weighted by Crippen LogP contribution is 2.29. The zero-order valence-electron chi connectivity index (χ0n) is 8.02. The van der Waals surface area contributed by atoms with E-state index >= 15 is 0 Å². The van der Waals surface area contributed by atoms with Crippen LogP contribution in [0.15, 0.2) is 12.1 Å². The van der Waals surface area contributed by atoms with E-state index in [0.29, 0.717) is 5.56 Å². The minimum atomic E-state index is -2.80. The third-order valence-corrected chi connectivity index (χ3v) is 2.21. The van der Waals surface area contributed by atoms with E-state index in [0.717, 1.165) is 6.07 Å². The molecule has 0 aromatic heterocycles. The fraction of sp³-hybridized carbons (Fsp3) is 0.400. The first-order valence-corrected chi connectivity index (χ1v) is 4.27. The number of nitrogens with two attached hydrogens (primary N) is 1. The van der Waals surface area contributed by atoms with Crippen molar-refractivity contribution in [2.75, 3.05) is 0 Å². The summed E-state index contributed by atoms with van der Waals surface area (Å²) in [4.78, 5) is 0. The SMILES string of the molecule is Cc1c([C@@H](C)N)ccc(F)c1C(F)F. The molecule has 1 rings (SSSR count). The Morgan fingerprint density at radius 3 is 2.29 bits per heavy atom. The van der Waals surface area contributed by atoms with Gasteiger partial charge in [0.1, 0.15) is 5.82 Å². The van der Waals surface area contributed by atoms with Crippen molar-refractivity contribution in [2.24, 2.45) is 5.73 Å². The summed E-state index contributed by atoms with van der Waals surface area (Å²) in [6.45, 7) is 3.14. The van der Waals surface area contributed by atoms with Crippen molar-refractivity contribution in [1.29, 1.82) is 0 Å². The highest BCUT2D eigenvalue weighted by atomic mass is 19.3. The predicted molar refractivity (Wildman–Crippen MR) is 48.7 cm³/mol. The van der Waals surface area contributed by atoms with E-state index in [1.807, 2.05) is 0 Å². The summed E-state index contributed by atoms with van der Waals surface area (Å²) in [5.41, 5.74) is 5.83. The van der Waals surface area contributed by atoms with E-state index in [2.05, 4.69) is 0 Å². The van der Waals surface area contributed by atoms with Gasteiger partial charge in [-0.3, -0.25) is 0 Å². The maximum Gasteiger partial charge on any atom is 0.266 e. The maximum atomic E-state index is 13.0. The monoisotopic (exact) mass is 203 g/mol. The Hall–Kier alpha value is -1.03. The molecule has 0 spiro atoms. The van der Waals surface area contributed by atoms with E-state index in [1.165, 1.54) is 13.0 Å². The average molecular weight is 203 g/mol. The van der Waals surface area contributed by atoms with Crippen molar-refractivity contribution < 1.29 is 13.2 Å². The molecule has 78 valence electrons. The summed E-state index contributed by atoms with van der Waals surface area (Å²) in [7, 11) is 0. The van der Waals surface area contributed by atoms with Gasteiger partial charge in [0.05, 0.1) is 5.56 Å². The smallest absolute Gasteiger partial charge is 0.266 e. The largest absolute Gasteiger partial charge is 0.324 e. The number of benzene rings is 1. The lowest BCUT2D eigenvalue weighted by molar-refractivity contribution is 0.145. The number of hydrogen-bond donors (Lipinski definition) is 1. The van der Waals surface area contributed by atoms with E-state index in [-0.39, 0.29) is 11.6 Å². The summed E-state index contributed by atoms with van der Waals surface area (Å²) >= 11 is 0. The first-order chi connectivity index (χ1) is 6.45. The van der Waals surface area contributed by atoms with Gasteiger partial charge in [0, 0.05) is 6.04 Å². The Morgan fingerprint density at radius 2 is 1.86 bits per heavy atom. The molecule has 1 atom stereocenters. The van der Waals surface area contributed by atoms with Crippen LogP contribution < -0.4 is 5.73 Å². The van der Waals surface area contributed by atoms with Crippen LogP contribution >= 0.6 is 0 Å². The second-order valence-corrected chi connectivity index (χ2v) is 3.26. The second kappa shape index (κ2) is 4.00. The summed E-state index contributed by atoms with van der Waals surface area (Å²) in [6.07, 6.45) is -2.80. The minimum Gasteiger partial charge on any atom is -0.324 e. The van der Waals surface area contributed by atoms with E-state index in [1.54, 1.807) is 6.92 Å². The predicted octanol–water partition coefficient (Wildman–Crippen LogP) is 3.09. The van der Waals surface area contributed by atoms with E-state index in [9.17, 15) is 13.2 Å². The highest BCUT2D eigenvalue weighted by Gasteiger charge is 2.19. The van der Waals surface area contributed by atoms with Gasteiger partial charge >= 0.3 is 0 Å². The first kappa shape index (κ1) is 11.0. The molecule has 0 aliphatic rings. The molecule has 0 saturated carbocycles.